The lowest BCUT2D eigenvalue weighted by molar-refractivity contribution is 0.313. The van der Waals surface area contributed by atoms with E-state index in [4.69, 9.17) is 0 Å². The zero-order valence-electron chi connectivity index (χ0n) is 11.0. The van der Waals surface area contributed by atoms with Crippen molar-refractivity contribution in [1.82, 2.24) is 4.90 Å². The molecule has 0 aromatic heterocycles. The van der Waals surface area contributed by atoms with E-state index in [0.717, 1.165) is 31.1 Å². The minimum Gasteiger partial charge on any atom is -0.423 e. The number of rotatable bonds is 5. The van der Waals surface area contributed by atoms with Gasteiger partial charge in [0, 0.05) is 13.1 Å². The third-order valence-corrected chi connectivity index (χ3v) is 3.79. The van der Waals surface area contributed by atoms with Crippen LogP contribution in [-0.2, 0) is 6.54 Å². The third-order valence-electron chi connectivity index (χ3n) is 3.79. The van der Waals surface area contributed by atoms with Crippen LogP contribution in [0.2, 0.25) is 0 Å². The Balaban J connectivity index is 1.98. The number of likely N-dealkylation sites (tertiary alicyclic amines) is 1. The van der Waals surface area contributed by atoms with Gasteiger partial charge >= 0.3 is 7.12 Å². The molecule has 0 radical (unpaired) electrons. The Kier molecular flexibility index (Phi) is 4.81. The minimum absolute atomic E-state index is 0.636. The number of hydrogen-bond acceptors (Lipinski definition) is 3. The molecule has 0 saturated carbocycles. The van der Waals surface area contributed by atoms with Gasteiger partial charge in [0.05, 0.1) is 0 Å². The van der Waals surface area contributed by atoms with Crippen LogP contribution in [0.25, 0.3) is 0 Å². The molecule has 0 spiro atoms. The summed E-state index contributed by atoms with van der Waals surface area (Å²) in [6.07, 6.45) is 3.84. The van der Waals surface area contributed by atoms with Crippen molar-refractivity contribution in [2.75, 3.05) is 13.1 Å². The number of benzene rings is 1. The molecule has 18 heavy (non-hydrogen) atoms. The minimum atomic E-state index is -1.37. The van der Waals surface area contributed by atoms with Crippen LogP contribution in [0.1, 0.15) is 31.7 Å². The molecule has 1 aliphatic heterocycles. The van der Waals surface area contributed by atoms with Crippen molar-refractivity contribution in [1.29, 1.82) is 0 Å². The smallest absolute Gasteiger partial charge is 0.423 e. The normalized spacial score (nSPS) is 20.3. The van der Waals surface area contributed by atoms with Crippen molar-refractivity contribution in [2.24, 2.45) is 5.92 Å². The molecular formula is C14H22BNO2. The quantitative estimate of drug-likeness (QED) is 0.762. The van der Waals surface area contributed by atoms with Crippen LogP contribution in [-0.4, -0.2) is 35.2 Å². The Bertz CT molecular complexity index is 384. The zero-order valence-corrected chi connectivity index (χ0v) is 11.0. The lowest BCUT2D eigenvalue weighted by atomic mass is 9.77. The molecular weight excluding hydrogens is 225 g/mol. The molecule has 1 unspecified atom stereocenters. The van der Waals surface area contributed by atoms with Gasteiger partial charge in [0.1, 0.15) is 0 Å². The number of hydrogen-bond donors (Lipinski definition) is 2. The van der Waals surface area contributed by atoms with E-state index in [0.29, 0.717) is 5.46 Å². The third kappa shape index (κ3) is 3.34. The monoisotopic (exact) mass is 247 g/mol. The molecule has 0 bridgehead atoms. The predicted molar refractivity (Wildman–Crippen MR) is 74.6 cm³/mol. The van der Waals surface area contributed by atoms with E-state index < -0.39 is 7.12 Å². The first-order valence-electron chi connectivity index (χ1n) is 6.87. The summed E-state index contributed by atoms with van der Waals surface area (Å²) >= 11 is 0. The largest absolute Gasteiger partial charge is 0.488 e. The second-order valence-electron chi connectivity index (χ2n) is 5.25. The van der Waals surface area contributed by atoms with Crippen LogP contribution in [0.4, 0.5) is 0 Å². The van der Waals surface area contributed by atoms with Crippen molar-refractivity contribution >= 4 is 12.6 Å². The first kappa shape index (κ1) is 13.6. The number of nitrogens with zero attached hydrogens (tertiary/aromatic N) is 1. The molecule has 98 valence electrons. The van der Waals surface area contributed by atoms with E-state index in [1.807, 2.05) is 18.2 Å². The van der Waals surface area contributed by atoms with Crippen molar-refractivity contribution in [3.8, 4) is 0 Å². The summed E-state index contributed by atoms with van der Waals surface area (Å²) in [7, 11) is -1.37. The Morgan fingerprint density at radius 3 is 2.83 bits per heavy atom. The average Bonchev–Trinajstić information content (AvgIpc) is 2.77. The Morgan fingerprint density at radius 1 is 1.33 bits per heavy atom. The summed E-state index contributed by atoms with van der Waals surface area (Å²) in [5.41, 5.74) is 1.67. The molecule has 1 fully saturated rings. The maximum atomic E-state index is 9.35. The summed E-state index contributed by atoms with van der Waals surface area (Å²) < 4.78 is 0. The lowest BCUT2D eigenvalue weighted by Gasteiger charge is -2.18. The van der Waals surface area contributed by atoms with Gasteiger partial charge in [-0.25, -0.2) is 0 Å². The fourth-order valence-electron chi connectivity index (χ4n) is 2.87. The highest BCUT2D eigenvalue weighted by atomic mass is 16.4. The van der Waals surface area contributed by atoms with Gasteiger partial charge in [-0.05, 0) is 36.3 Å². The molecule has 0 amide bonds. The molecule has 2 rings (SSSR count). The molecule has 4 heteroatoms. The van der Waals surface area contributed by atoms with Crippen molar-refractivity contribution in [3.63, 3.8) is 0 Å². The molecule has 3 nitrogen and oxygen atoms in total. The van der Waals surface area contributed by atoms with E-state index in [-0.39, 0.29) is 0 Å². The van der Waals surface area contributed by atoms with Crippen LogP contribution < -0.4 is 5.46 Å². The Labute approximate surface area is 110 Å². The Hall–Kier alpha value is -0.835. The van der Waals surface area contributed by atoms with Gasteiger partial charge < -0.3 is 10.0 Å². The highest BCUT2D eigenvalue weighted by molar-refractivity contribution is 6.59. The SMILES string of the molecule is CCCC1CCN(Cc2ccccc2B(O)O)C1. The van der Waals surface area contributed by atoms with E-state index in [1.165, 1.54) is 19.3 Å². The van der Waals surface area contributed by atoms with Gasteiger partial charge in [0.15, 0.2) is 0 Å². The maximum absolute atomic E-state index is 9.35. The van der Waals surface area contributed by atoms with Gasteiger partial charge in [-0.3, -0.25) is 4.90 Å². The summed E-state index contributed by atoms with van der Waals surface area (Å²) in [4.78, 5) is 2.42. The van der Waals surface area contributed by atoms with Crippen molar-refractivity contribution in [3.05, 3.63) is 29.8 Å². The summed E-state index contributed by atoms with van der Waals surface area (Å²) in [6.45, 7) is 5.33. The highest BCUT2D eigenvalue weighted by Crippen LogP contribution is 2.22. The van der Waals surface area contributed by atoms with Gasteiger partial charge in [0.2, 0.25) is 0 Å². The van der Waals surface area contributed by atoms with E-state index in [1.54, 1.807) is 6.07 Å². The van der Waals surface area contributed by atoms with Gasteiger partial charge in [-0.1, -0.05) is 37.6 Å². The van der Waals surface area contributed by atoms with Crippen molar-refractivity contribution < 1.29 is 10.0 Å². The second kappa shape index (κ2) is 6.37. The molecule has 1 heterocycles. The lowest BCUT2D eigenvalue weighted by Crippen LogP contribution is -2.35. The standard InChI is InChI=1S/C14H22BNO2/c1-2-5-12-8-9-16(10-12)11-13-6-3-4-7-14(13)15(17)18/h3-4,6-7,12,17-18H,2,5,8-11H2,1H3. The molecule has 1 aliphatic rings. The van der Waals surface area contributed by atoms with E-state index in [2.05, 4.69) is 11.8 Å². The summed E-state index contributed by atoms with van der Waals surface area (Å²) in [6, 6.07) is 7.59. The fraction of sp³-hybridized carbons (Fsp3) is 0.571. The maximum Gasteiger partial charge on any atom is 0.488 e. The van der Waals surface area contributed by atoms with E-state index >= 15 is 0 Å². The van der Waals surface area contributed by atoms with E-state index in [9.17, 15) is 10.0 Å². The van der Waals surface area contributed by atoms with Crippen molar-refractivity contribution in [2.45, 2.75) is 32.7 Å². The fourth-order valence-corrected chi connectivity index (χ4v) is 2.87. The first-order valence-corrected chi connectivity index (χ1v) is 6.87. The highest BCUT2D eigenvalue weighted by Gasteiger charge is 2.23. The van der Waals surface area contributed by atoms with Crippen LogP contribution in [0.3, 0.4) is 0 Å². The van der Waals surface area contributed by atoms with Crippen LogP contribution in [0, 0.1) is 5.92 Å². The zero-order chi connectivity index (χ0) is 13.0. The molecule has 1 atom stereocenters. The van der Waals surface area contributed by atoms with Crippen LogP contribution in [0.15, 0.2) is 24.3 Å². The van der Waals surface area contributed by atoms with Gasteiger partial charge in [0.25, 0.3) is 0 Å². The first-order chi connectivity index (χ1) is 8.70. The summed E-state index contributed by atoms with van der Waals surface area (Å²) in [5.74, 6) is 0.821. The molecule has 2 N–H and O–H groups in total. The Morgan fingerprint density at radius 2 is 2.11 bits per heavy atom. The molecule has 1 saturated heterocycles. The predicted octanol–water partition coefficient (Wildman–Crippen LogP) is 0.988. The van der Waals surface area contributed by atoms with Gasteiger partial charge in [-0.15, -0.1) is 0 Å². The molecule has 1 aromatic carbocycles. The van der Waals surface area contributed by atoms with Crippen LogP contribution >= 0.6 is 0 Å². The second-order valence-corrected chi connectivity index (χ2v) is 5.25. The topological polar surface area (TPSA) is 43.7 Å². The molecule has 1 aromatic rings. The summed E-state index contributed by atoms with van der Waals surface area (Å²) in [5, 5.41) is 18.7. The van der Waals surface area contributed by atoms with Gasteiger partial charge in [-0.2, -0.15) is 0 Å². The average molecular weight is 247 g/mol. The molecule has 0 aliphatic carbocycles. The van der Waals surface area contributed by atoms with Crippen LogP contribution in [0.5, 0.6) is 0 Å².